The fraction of sp³-hybridized carbons (Fsp3) is 0.258. The molecule has 0 unspecified atom stereocenters. The number of amides is 1. The van der Waals surface area contributed by atoms with Crippen LogP contribution in [0.3, 0.4) is 0 Å². The van der Waals surface area contributed by atoms with Gasteiger partial charge >= 0.3 is 5.91 Å². The minimum Gasteiger partial charge on any atom is -0.507 e. The van der Waals surface area contributed by atoms with E-state index in [1.807, 2.05) is 69.3 Å². The largest absolute Gasteiger partial charge is 0.507 e. The monoisotopic (exact) mass is 540 g/mol. The second-order valence-electron chi connectivity index (χ2n) is 10.0. The number of nitrogens with zero attached hydrogens (tertiary/aromatic N) is 2. The van der Waals surface area contributed by atoms with Crippen molar-refractivity contribution in [3.05, 3.63) is 88.5 Å². The van der Waals surface area contributed by atoms with Gasteiger partial charge in [0.05, 0.1) is 28.4 Å². The topological polar surface area (TPSA) is 89.0 Å². The number of aryl methyl sites for hydroxylation is 1. The number of aliphatic hydroxyl groups excluding tert-OH is 1. The molecule has 198 valence electrons. The van der Waals surface area contributed by atoms with Gasteiger partial charge in [-0.3, -0.25) is 14.5 Å². The fourth-order valence-electron chi connectivity index (χ4n) is 5.19. The maximum Gasteiger partial charge on any atom is 0.301 e. The number of thiazole rings is 1. The van der Waals surface area contributed by atoms with Gasteiger partial charge in [-0.15, -0.1) is 0 Å². The SMILES string of the molecule is CCCOc1cccc([C@H]2C(=C(O)c3ccc4c(c3)C[C@@H](C)O4)C(=O)C(=O)N2c2nc3ccc(C)cc3s2)c1. The highest BCUT2D eigenvalue weighted by molar-refractivity contribution is 7.22. The lowest BCUT2D eigenvalue weighted by molar-refractivity contribution is -0.132. The van der Waals surface area contributed by atoms with Crippen molar-refractivity contribution in [1.29, 1.82) is 0 Å². The number of ketones is 1. The number of carbonyl (C=O) groups excluding carboxylic acids is 2. The van der Waals surface area contributed by atoms with Gasteiger partial charge in [-0.2, -0.15) is 0 Å². The second kappa shape index (κ2) is 9.85. The van der Waals surface area contributed by atoms with Crippen molar-refractivity contribution in [2.45, 2.75) is 45.8 Å². The van der Waals surface area contributed by atoms with Crippen molar-refractivity contribution in [3.63, 3.8) is 0 Å². The number of rotatable bonds is 6. The summed E-state index contributed by atoms with van der Waals surface area (Å²) in [5, 5.41) is 12.0. The van der Waals surface area contributed by atoms with E-state index >= 15 is 0 Å². The van der Waals surface area contributed by atoms with Crippen LogP contribution < -0.4 is 14.4 Å². The van der Waals surface area contributed by atoms with Crippen molar-refractivity contribution >= 4 is 44.1 Å². The Morgan fingerprint density at radius 1 is 1.15 bits per heavy atom. The average Bonchev–Trinajstić information content (AvgIpc) is 3.59. The summed E-state index contributed by atoms with van der Waals surface area (Å²) in [6.07, 6.45) is 1.58. The Bertz CT molecular complexity index is 1660. The van der Waals surface area contributed by atoms with Crippen LogP contribution in [0.25, 0.3) is 16.0 Å². The van der Waals surface area contributed by atoms with Crippen LogP contribution in [-0.2, 0) is 16.0 Å². The molecule has 0 radical (unpaired) electrons. The maximum atomic E-state index is 13.6. The summed E-state index contributed by atoms with van der Waals surface area (Å²) in [5.74, 6) is -0.307. The Balaban J connectivity index is 1.52. The number of benzene rings is 3. The first kappa shape index (κ1) is 25.1. The van der Waals surface area contributed by atoms with Crippen LogP contribution in [0, 0.1) is 6.92 Å². The summed E-state index contributed by atoms with van der Waals surface area (Å²) in [6, 6.07) is 17.7. The molecule has 2 atom stereocenters. The van der Waals surface area contributed by atoms with Gasteiger partial charge in [0.25, 0.3) is 5.78 Å². The summed E-state index contributed by atoms with van der Waals surface area (Å²) in [5.41, 5.74) is 3.91. The van der Waals surface area contributed by atoms with Crippen LogP contribution in [0.4, 0.5) is 5.13 Å². The summed E-state index contributed by atoms with van der Waals surface area (Å²) in [4.78, 5) is 33.3. The van der Waals surface area contributed by atoms with Crippen LogP contribution in [0.2, 0.25) is 0 Å². The Kier molecular flexibility index (Phi) is 6.35. The van der Waals surface area contributed by atoms with E-state index in [4.69, 9.17) is 14.5 Å². The second-order valence-corrected chi connectivity index (χ2v) is 11.0. The smallest absolute Gasteiger partial charge is 0.301 e. The van der Waals surface area contributed by atoms with Crippen LogP contribution >= 0.6 is 11.3 Å². The quantitative estimate of drug-likeness (QED) is 0.174. The lowest BCUT2D eigenvalue weighted by Crippen LogP contribution is -2.29. The van der Waals surface area contributed by atoms with Crippen molar-refractivity contribution in [3.8, 4) is 11.5 Å². The van der Waals surface area contributed by atoms with Crippen LogP contribution in [0.1, 0.15) is 48.6 Å². The van der Waals surface area contributed by atoms with Crippen molar-refractivity contribution in [1.82, 2.24) is 4.98 Å². The summed E-state index contributed by atoms with van der Waals surface area (Å²) >= 11 is 1.35. The van der Waals surface area contributed by atoms with Crippen LogP contribution in [0.5, 0.6) is 11.5 Å². The molecule has 4 aromatic rings. The highest BCUT2D eigenvalue weighted by atomic mass is 32.1. The first-order valence-corrected chi connectivity index (χ1v) is 13.9. The Morgan fingerprint density at radius 2 is 2.00 bits per heavy atom. The first-order valence-electron chi connectivity index (χ1n) is 13.0. The van der Waals surface area contributed by atoms with Gasteiger partial charge in [0.15, 0.2) is 5.13 Å². The zero-order valence-corrected chi connectivity index (χ0v) is 22.7. The molecule has 3 heterocycles. The van der Waals surface area contributed by atoms with E-state index in [0.29, 0.717) is 35.0 Å². The van der Waals surface area contributed by atoms with Crippen LogP contribution in [-0.4, -0.2) is 34.5 Å². The third-order valence-electron chi connectivity index (χ3n) is 7.00. The van der Waals surface area contributed by atoms with E-state index < -0.39 is 17.7 Å². The van der Waals surface area contributed by atoms with Gasteiger partial charge in [0, 0.05) is 12.0 Å². The van der Waals surface area contributed by atoms with Gasteiger partial charge in [0.2, 0.25) is 0 Å². The van der Waals surface area contributed by atoms with E-state index in [9.17, 15) is 14.7 Å². The zero-order chi connectivity index (χ0) is 27.3. The third-order valence-corrected chi connectivity index (χ3v) is 8.02. The number of aliphatic hydroxyl groups is 1. The van der Waals surface area contributed by atoms with E-state index in [1.165, 1.54) is 16.2 Å². The maximum absolute atomic E-state index is 13.6. The molecule has 1 aromatic heterocycles. The predicted octanol–water partition coefficient (Wildman–Crippen LogP) is 6.34. The predicted molar refractivity (Wildman–Crippen MR) is 152 cm³/mol. The van der Waals surface area contributed by atoms with Gasteiger partial charge < -0.3 is 14.6 Å². The molecule has 1 N–H and O–H groups in total. The molecule has 6 rings (SSSR count). The van der Waals surface area contributed by atoms with Gasteiger partial charge in [0.1, 0.15) is 23.4 Å². The van der Waals surface area contributed by atoms with E-state index in [1.54, 1.807) is 12.1 Å². The fourth-order valence-corrected chi connectivity index (χ4v) is 6.28. The summed E-state index contributed by atoms with van der Waals surface area (Å²) < 4.78 is 12.6. The number of aromatic nitrogens is 1. The lowest BCUT2D eigenvalue weighted by Gasteiger charge is -2.23. The molecule has 0 bridgehead atoms. The molecular weight excluding hydrogens is 512 g/mol. The number of Topliss-reactive ketones (excluding diaryl/α,β-unsaturated/α-hetero) is 1. The van der Waals surface area contributed by atoms with E-state index in [2.05, 4.69) is 0 Å². The lowest BCUT2D eigenvalue weighted by atomic mass is 9.94. The number of hydrogen-bond acceptors (Lipinski definition) is 7. The van der Waals surface area contributed by atoms with E-state index in [-0.39, 0.29) is 17.4 Å². The third kappa shape index (κ3) is 4.44. The summed E-state index contributed by atoms with van der Waals surface area (Å²) in [7, 11) is 0. The minimum absolute atomic E-state index is 0.0231. The highest BCUT2D eigenvalue weighted by Crippen LogP contribution is 2.45. The molecule has 2 aliphatic heterocycles. The van der Waals surface area contributed by atoms with Crippen molar-refractivity contribution < 1.29 is 24.2 Å². The molecule has 3 aromatic carbocycles. The first-order chi connectivity index (χ1) is 18.8. The minimum atomic E-state index is -0.875. The molecule has 39 heavy (non-hydrogen) atoms. The average molecular weight is 541 g/mol. The van der Waals surface area contributed by atoms with Gasteiger partial charge in [-0.25, -0.2) is 4.98 Å². The molecule has 2 aliphatic rings. The zero-order valence-electron chi connectivity index (χ0n) is 21.9. The molecule has 7 nitrogen and oxygen atoms in total. The van der Waals surface area contributed by atoms with Crippen molar-refractivity contribution in [2.24, 2.45) is 0 Å². The Labute approximate surface area is 230 Å². The Morgan fingerprint density at radius 3 is 2.82 bits per heavy atom. The van der Waals surface area contributed by atoms with E-state index in [0.717, 1.165) is 33.5 Å². The number of fused-ring (bicyclic) bond motifs is 2. The van der Waals surface area contributed by atoms with Crippen LogP contribution in [0.15, 0.2) is 66.2 Å². The number of anilines is 1. The molecule has 0 spiro atoms. The van der Waals surface area contributed by atoms with Crippen molar-refractivity contribution in [2.75, 3.05) is 11.5 Å². The normalized spacial score (nSPS) is 19.9. The number of ether oxygens (including phenoxy) is 2. The molecule has 0 saturated carbocycles. The number of carbonyl (C=O) groups is 2. The molecule has 1 amide bonds. The molecule has 1 saturated heterocycles. The molecule has 0 aliphatic carbocycles. The standard InChI is InChI=1S/C31H28N2O5S/c1-4-12-37-22-7-5-6-19(16-22)27-26(28(34)20-9-11-24-21(15-20)14-18(3)38-24)29(35)30(36)33(27)31-32-23-10-8-17(2)13-25(23)39-31/h5-11,13,15-16,18,27,34H,4,12,14H2,1-3H3/t18-,27+/m1/s1. The Hall–Kier alpha value is -4.17. The number of hydrogen-bond donors (Lipinski definition) is 1. The van der Waals surface area contributed by atoms with Gasteiger partial charge in [-0.1, -0.05) is 36.5 Å². The molecular formula is C31H28N2O5S. The molecule has 1 fully saturated rings. The highest BCUT2D eigenvalue weighted by Gasteiger charge is 2.48. The summed E-state index contributed by atoms with van der Waals surface area (Å²) in [6.45, 7) is 6.54. The van der Waals surface area contributed by atoms with Gasteiger partial charge in [-0.05, 0) is 79.4 Å². The molecule has 8 heteroatoms.